The van der Waals surface area contributed by atoms with Crippen LogP contribution in [0, 0.1) is 0 Å². The van der Waals surface area contributed by atoms with Gasteiger partial charge in [-0.05, 0) is 6.37 Å². The third-order valence-electron chi connectivity index (χ3n) is 0.794. The standard InChI is InChI=1S/C14H28O2.K/c1-2-3-4-5-6-7-8-9-10-11-12-13-14(15)16;/h2-13H2,1H3,(H,15,16);/i1D3,2D2,3D2,4D2,5D2,6D2,7D2,8D2,9D2,10D2,11D2,12D2,13D2;. The largest absolute Gasteiger partial charge is 0.481 e. The monoisotopic (exact) mass is 294 g/mol. The summed E-state index contributed by atoms with van der Waals surface area (Å²) in [6.45, 7) is -4.06. The molecule has 0 bridgehead atoms. The third kappa shape index (κ3) is 19.6. The van der Waals surface area contributed by atoms with Crippen molar-refractivity contribution in [2.45, 2.75) is 83.3 Å². The zero-order valence-electron chi connectivity index (χ0n) is 35.9. The van der Waals surface area contributed by atoms with E-state index in [2.05, 4.69) is 0 Å². The second kappa shape index (κ2) is 17.1. The van der Waals surface area contributed by atoms with E-state index in [1.165, 1.54) is 0 Å². The maximum Gasteiger partial charge on any atom is 0.303 e. The zero-order chi connectivity index (χ0) is 36.1. The number of rotatable bonds is 12. The van der Waals surface area contributed by atoms with E-state index >= 15 is 0 Å². The van der Waals surface area contributed by atoms with Crippen molar-refractivity contribution >= 4 is 57.4 Å². The molecule has 0 spiro atoms. The van der Waals surface area contributed by atoms with E-state index in [-0.39, 0.29) is 51.4 Å². The Kier molecular flexibility index (Phi) is 2.87. The van der Waals surface area contributed by atoms with Crippen molar-refractivity contribution < 1.29 is 46.9 Å². The fourth-order valence-corrected chi connectivity index (χ4v) is 0.366. The molecule has 0 amide bonds. The first-order valence-electron chi connectivity index (χ1n) is 17.2. The van der Waals surface area contributed by atoms with E-state index in [9.17, 15) is 4.79 Å². The molecule has 1 radical (unpaired) electrons. The van der Waals surface area contributed by atoms with Gasteiger partial charge >= 0.3 is 5.97 Å². The van der Waals surface area contributed by atoms with E-state index < -0.39 is 89.3 Å². The predicted octanol–water partition coefficient (Wildman–Crippen LogP) is 4.39. The first kappa shape index (κ1) is 2.85. The van der Waals surface area contributed by atoms with Crippen LogP contribution in [-0.4, -0.2) is 62.5 Å². The molecule has 0 aromatic heterocycles. The summed E-state index contributed by atoms with van der Waals surface area (Å²) < 4.78 is 209. The van der Waals surface area contributed by atoms with E-state index in [0.717, 1.165) is 0 Å². The summed E-state index contributed by atoms with van der Waals surface area (Å²) in [7, 11) is 0. The van der Waals surface area contributed by atoms with Gasteiger partial charge in [-0.25, -0.2) is 0 Å². The van der Waals surface area contributed by atoms with E-state index in [1.54, 1.807) is 0 Å². The summed E-state index contributed by atoms with van der Waals surface area (Å²) in [5, 5.41) is 8.99. The normalized spacial score (nSPS) is 44.4. The molecule has 0 fully saturated rings. The maximum absolute atomic E-state index is 11.2. The molecule has 1 N–H and O–H groups in total. The molecule has 0 saturated heterocycles. The van der Waals surface area contributed by atoms with Crippen molar-refractivity contribution in [2.24, 2.45) is 0 Å². The SMILES string of the molecule is [2H]C([2H])([2H])C([2H])([2H])C([2H])([2H])C([2H])([2H])C([2H])([2H])C([2H])([2H])C([2H])([2H])C([2H])([2H])C([2H])([2H])C([2H])([2H])C([2H])([2H])C([2H])([2H])C([2H])([2H])C(=O)O.[K]. The Morgan fingerprint density at radius 3 is 1.76 bits per heavy atom. The fourth-order valence-electron chi connectivity index (χ4n) is 0.366. The number of carboxylic acids is 1. The Hall–Kier alpha value is 1.11. The summed E-state index contributed by atoms with van der Waals surface area (Å²) in [4.78, 5) is 11.2. The number of aliphatic carboxylic acids is 1. The summed E-state index contributed by atoms with van der Waals surface area (Å²) in [6, 6.07) is 0. The van der Waals surface area contributed by atoms with Gasteiger partial charge in [-0.1, -0.05) is 70.6 Å². The van der Waals surface area contributed by atoms with Crippen LogP contribution in [0.25, 0.3) is 0 Å². The van der Waals surface area contributed by atoms with Crippen molar-refractivity contribution in [3.05, 3.63) is 0 Å². The first-order chi connectivity index (χ1) is 17.9. The van der Waals surface area contributed by atoms with Crippen LogP contribution in [0.1, 0.15) is 120 Å². The Morgan fingerprint density at radius 1 is 0.941 bits per heavy atom. The first-order valence-corrected chi connectivity index (χ1v) is 3.68. The molecule has 0 aromatic carbocycles. The molecule has 0 unspecified atom stereocenters. The van der Waals surface area contributed by atoms with Gasteiger partial charge in [0.05, 0.1) is 0 Å². The zero-order valence-corrected chi connectivity index (χ0v) is 12.0. The summed E-state index contributed by atoms with van der Waals surface area (Å²) in [5.74, 6) is -2.73. The van der Waals surface area contributed by atoms with Gasteiger partial charge in [-0.2, -0.15) is 0 Å². The van der Waals surface area contributed by atoms with Crippen LogP contribution < -0.4 is 0 Å². The third-order valence-corrected chi connectivity index (χ3v) is 0.794. The van der Waals surface area contributed by atoms with Crippen LogP contribution in [0.3, 0.4) is 0 Å². The number of hydrogen-bond donors (Lipinski definition) is 1. The molecular weight excluding hydrogens is 239 g/mol. The number of hydrogen-bond acceptors (Lipinski definition) is 1. The van der Waals surface area contributed by atoms with Crippen LogP contribution >= 0.6 is 0 Å². The minimum Gasteiger partial charge on any atom is -0.481 e. The van der Waals surface area contributed by atoms with Gasteiger partial charge in [0, 0.05) is 94.8 Å². The minimum absolute atomic E-state index is 0. The summed E-state index contributed by atoms with van der Waals surface area (Å²) in [5.41, 5.74) is 0. The van der Waals surface area contributed by atoms with Gasteiger partial charge in [-0.15, -0.1) is 0 Å². The van der Waals surface area contributed by atoms with E-state index in [1.807, 2.05) is 0 Å². The van der Waals surface area contributed by atoms with Gasteiger partial charge < -0.3 is 5.11 Å². The second-order valence-corrected chi connectivity index (χ2v) is 1.81. The van der Waals surface area contributed by atoms with Crippen molar-refractivity contribution in [1.82, 2.24) is 0 Å². The van der Waals surface area contributed by atoms with Gasteiger partial charge in [0.15, 0.2) is 0 Å². The van der Waals surface area contributed by atoms with Gasteiger partial charge in [0.2, 0.25) is 0 Å². The smallest absolute Gasteiger partial charge is 0.303 e. The molecule has 0 aromatic rings. The van der Waals surface area contributed by atoms with Crippen LogP contribution in [-0.2, 0) is 4.79 Å². The average molecular weight is 295 g/mol. The van der Waals surface area contributed by atoms with Crippen LogP contribution in [0.15, 0.2) is 0 Å². The second-order valence-electron chi connectivity index (χ2n) is 1.81. The Bertz CT molecular complexity index is 1070. The molecule has 97 valence electrons. The Labute approximate surface area is 187 Å². The Morgan fingerprint density at radius 2 is 1.35 bits per heavy atom. The molecule has 0 saturated carbocycles. The van der Waals surface area contributed by atoms with Crippen molar-refractivity contribution in [3.63, 3.8) is 0 Å². The molecule has 0 aliphatic rings. The van der Waals surface area contributed by atoms with E-state index in [0.29, 0.717) is 0 Å². The predicted molar refractivity (Wildman–Crippen MR) is 74.5 cm³/mol. The van der Waals surface area contributed by atoms with Crippen molar-refractivity contribution in [3.8, 4) is 0 Å². The van der Waals surface area contributed by atoms with Crippen molar-refractivity contribution in [1.29, 1.82) is 0 Å². The van der Waals surface area contributed by atoms with Crippen molar-refractivity contribution in [2.75, 3.05) is 0 Å². The molecule has 0 heterocycles. The molecule has 3 heteroatoms. The van der Waals surface area contributed by atoms with Gasteiger partial charge in [0.25, 0.3) is 0 Å². The molecule has 0 aliphatic heterocycles. The molecular formula is C14H28KO2. The van der Waals surface area contributed by atoms with Gasteiger partial charge in [0.1, 0.15) is 0 Å². The molecule has 0 rings (SSSR count). The molecule has 2 nitrogen and oxygen atoms in total. The molecule has 0 atom stereocenters. The Balaban J connectivity index is 0. The number of carbonyl (C=O) groups is 1. The van der Waals surface area contributed by atoms with Crippen LogP contribution in [0.4, 0.5) is 0 Å². The average Bonchev–Trinajstić information content (AvgIpc) is 2.76. The molecule has 17 heavy (non-hydrogen) atoms. The fraction of sp³-hybridized carbons (Fsp3) is 0.929. The quantitative estimate of drug-likeness (QED) is 0.542. The molecule has 0 aliphatic carbocycles. The summed E-state index contributed by atoms with van der Waals surface area (Å²) >= 11 is 0. The number of carboxylic acid groups (broad SMARTS) is 1. The van der Waals surface area contributed by atoms with Crippen LogP contribution in [0.5, 0.6) is 0 Å². The topological polar surface area (TPSA) is 37.3 Å². The summed E-state index contributed by atoms with van der Waals surface area (Å²) in [6.07, 6.45) is -57.0. The maximum atomic E-state index is 11.2. The minimum atomic E-state index is -4.98. The van der Waals surface area contributed by atoms with Gasteiger partial charge in [-0.3, -0.25) is 4.79 Å². The van der Waals surface area contributed by atoms with E-state index in [4.69, 9.17) is 42.1 Å². The van der Waals surface area contributed by atoms with Crippen LogP contribution in [0.2, 0.25) is 0 Å².